The van der Waals surface area contributed by atoms with E-state index in [2.05, 4.69) is 0 Å². The van der Waals surface area contributed by atoms with Crippen molar-refractivity contribution < 1.29 is 33.5 Å². The van der Waals surface area contributed by atoms with E-state index in [0.717, 1.165) is 0 Å². The van der Waals surface area contributed by atoms with Crippen LogP contribution in [0.3, 0.4) is 0 Å². The van der Waals surface area contributed by atoms with Gasteiger partial charge >= 0.3 is 0 Å². The SMILES string of the molecule is CCOCC(COCC)OCC(O)COC(COCC)COCC. The standard InChI is InChI=1S/C17H36O7/c1-5-19-11-16(12-20-6-2)23-9-15(18)10-24-17(13-21-7-3)14-22-8-4/h15-18H,5-14H2,1-4H3. The van der Waals surface area contributed by atoms with Crippen molar-refractivity contribution in [1.29, 1.82) is 0 Å². The van der Waals surface area contributed by atoms with Crippen LogP contribution in [0.1, 0.15) is 27.7 Å². The summed E-state index contributed by atoms with van der Waals surface area (Å²) in [4.78, 5) is 0. The Kier molecular flexibility index (Phi) is 17.3. The summed E-state index contributed by atoms with van der Waals surface area (Å²) < 4.78 is 32.8. The molecule has 0 aliphatic carbocycles. The van der Waals surface area contributed by atoms with E-state index in [9.17, 15) is 5.11 Å². The largest absolute Gasteiger partial charge is 0.388 e. The maximum Gasteiger partial charge on any atom is 0.104 e. The molecular weight excluding hydrogens is 316 g/mol. The third-order valence-electron chi connectivity index (χ3n) is 3.08. The van der Waals surface area contributed by atoms with Crippen molar-refractivity contribution in [3.8, 4) is 0 Å². The zero-order chi connectivity index (χ0) is 18.0. The monoisotopic (exact) mass is 352 g/mol. The van der Waals surface area contributed by atoms with Gasteiger partial charge in [-0.3, -0.25) is 0 Å². The van der Waals surface area contributed by atoms with Gasteiger partial charge < -0.3 is 33.5 Å². The number of ether oxygens (including phenoxy) is 6. The number of hydrogen-bond acceptors (Lipinski definition) is 7. The Bertz CT molecular complexity index is 213. The highest BCUT2D eigenvalue weighted by Crippen LogP contribution is 2.01. The van der Waals surface area contributed by atoms with Crippen LogP contribution >= 0.6 is 0 Å². The van der Waals surface area contributed by atoms with Crippen molar-refractivity contribution in [2.45, 2.75) is 46.0 Å². The van der Waals surface area contributed by atoms with Gasteiger partial charge in [-0.15, -0.1) is 0 Å². The summed E-state index contributed by atoms with van der Waals surface area (Å²) in [7, 11) is 0. The summed E-state index contributed by atoms with van der Waals surface area (Å²) in [5.41, 5.74) is 0. The first-order valence-corrected chi connectivity index (χ1v) is 8.89. The maximum absolute atomic E-state index is 10.0. The number of rotatable bonds is 18. The van der Waals surface area contributed by atoms with Crippen LogP contribution in [0, 0.1) is 0 Å². The molecule has 24 heavy (non-hydrogen) atoms. The quantitative estimate of drug-likeness (QED) is 0.398. The van der Waals surface area contributed by atoms with Gasteiger partial charge in [0.2, 0.25) is 0 Å². The molecule has 7 heteroatoms. The van der Waals surface area contributed by atoms with Gasteiger partial charge in [-0.05, 0) is 27.7 Å². The van der Waals surface area contributed by atoms with Gasteiger partial charge in [0.15, 0.2) is 0 Å². The van der Waals surface area contributed by atoms with Crippen LogP contribution in [0.15, 0.2) is 0 Å². The van der Waals surface area contributed by atoms with E-state index < -0.39 is 6.10 Å². The van der Waals surface area contributed by atoms with Crippen molar-refractivity contribution in [3.05, 3.63) is 0 Å². The normalized spacial score (nSPS) is 12.0. The van der Waals surface area contributed by atoms with Gasteiger partial charge in [0.25, 0.3) is 0 Å². The van der Waals surface area contributed by atoms with Crippen LogP contribution < -0.4 is 0 Å². The average Bonchev–Trinajstić information content (AvgIpc) is 2.60. The van der Waals surface area contributed by atoms with Crippen molar-refractivity contribution in [2.24, 2.45) is 0 Å². The molecule has 146 valence electrons. The molecule has 0 aromatic heterocycles. The summed E-state index contributed by atoms with van der Waals surface area (Å²) >= 11 is 0. The van der Waals surface area contributed by atoms with Crippen LogP contribution in [0.2, 0.25) is 0 Å². The first-order chi connectivity index (χ1) is 11.7. The first-order valence-electron chi connectivity index (χ1n) is 8.89. The van der Waals surface area contributed by atoms with Gasteiger partial charge in [0, 0.05) is 26.4 Å². The predicted octanol–water partition coefficient (Wildman–Crippen LogP) is 1.26. The fourth-order valence-corrected chi connectivity index (χ4v) is 1.83. The van der Waals surface area contributed by atoms with E-state index in [0.29, 0.717) is 52.9 Å². The lowest BCUT2D eigenvalue weighted by atomic mass is 10.3. The lowest BCUT2D eigenvalue weighted by Crippen LogP contribution is -2.34. The summed E-state index contributed by atoms with van der Waals surface area (Å²) in [6, 6.07) is 0. The minimum atomic E-state index is -0.721. The fraction of sp³-hybridized carbons (Fsp3) is 1.00. The van der Waals surface area contributed by atoms with Crippen LogP contribution in [0.4, 0.5) is 0 Å². The maximum atomic E-state index is 10.0. The van der Waals surface area contributed by atoms with E-state index in [1.807, 2.05) is 27.7 Å². The van der Waals surface area contributed by atoms with Crippen LogP contribution in [-0.2, 0) is 28.4 Å². The molecule has 0 aromatic rings. The Labute approximate surface area is 146 Å². The van der Waals surface area contributed by atoms with E-state index in [1.54, 1.807) is 0 Å². The summed E-state index contributed by atoms with van der Waals surface area (Å²) in [6.07, 6.45) is -1.11. The predicted molar refractivity (Wildman–Crippen MR) is 91.5 cm³/mol. The molecule has 0 spiro atoms. The van der Waals surface area contributed by atoms with E-state index in [4.69, 9.17) is 28.4 Å². The number of hydrogen-bond donors (Lipinski definition) is 1. The highest BCUT2D eigenvalue weighted by atomic mass is 16.6. The second-order valence-electron chi connectivity index (χ2n) is 5.20. The Morgan fingerprint density at radius 2 is 0.833 bits per heavy atom. The Morgan fingerprint density at radius 1 is 0.542 bits per heavy atom. The van der Waals surface area contributed by atoms with Crippen LogP contribution in [0.25, 0.3) is 0 Å². The minimum Gasteiger partial charge on any atom is -0.388 e. The molecule has 0 aliphatic heterocycles. The number of aliphatic hydroxyl groups excluding tert-OH is 1. The molecule has 1 N–H and O–H groups in total. The Balaban J connectivity index is 4.05. The molecule has 0 bridgehead atoms. The minimum absolute atomic E-state index is 0.167. The molecule has 0 heterocycles. The lowest BCUT2D eigenvalue weighted by molar-refractivity contribution is -0.113. The molecule has 0 saturated carbocycles. The van der Waals surface area contributed by atoms with E-state index in [-0.39, 0.29) is 25.4 Å². The summed E-state index contributed by atoms with van der Waals surface area (Å²) in [6.45, 7) is 12.3. The number of aliphatic hydroxyl groups is 1. The Morgan fingerprint density at radius 3 is 1.08 bits per heavy atom. The van der Waals surface area contributed by atoms with Crippen LogP contribution in [0.5, 0.6) is 0 Å². The molecule has 0 amide bonds. The molecule has 0 atom stereocenters. The van der Waals surface area contributed by atoms with Crippen molar-refractivity contribution in [1.82, 2.24) is 0 Å². The first kappa shape index (κ1) is 23.7. The van der Waals surface area contributed by atoms with Crippen molar-refractivity contribution in [2.75, 3.05) is 66.1 Å². The summed E-state index contributed by atoms with van der Waals surface area (Å²) in [5, 5.41) is 10.0. The third-order valence-corrected chi connectivity index (χ3v) is 3.08. The topological polar surface area (TPSA) is 75.6 Å². The summed E-state index contributed by atoms with van der Waals surface area (Å²) in [5.74, 6) is 0. The van der Waals surface area contributed by atoms with Gasteiger partial charge in [0.1, 0.15) is 18.3 Å². The van der Waals surface area contributed by atoms with Crippen molar-refractivity contribution in [3.63, 3.8) is 0 Å². The van der Waals surface area contributed by atoms with Gasteiger partial charge in [-0.1, -0.05) is 0 Å². The van der Waals surface area contributed by atoms with Gasteiger partial charge in [-0.25, -0.2) is 0 Å². The Hall–Kier alpha value is -0.280. The van der Waals surface area contributed by atoms with E-state index >= 15 is 0 Å². The molecule has 0 fully saturated rings. The molecule has 0 radical (unpaired) electrons. The van der Waals surface area contributed by atoms with E-state index in [1.165, 1.54) is 0 Å². The van der Waals surface area contributed by atoms with Gasteiger partial charge in [-0.2, -0.15) is 0 Å². The molecule has 0 aromatic carbocycles. The molecular formula is C17H36O7. The third kappa shape index (κ3) is 14.1. The molecule has 7 nitrogen and oxygen atoms in total. The average molecular weight is 352 g/mol. The zero-order valence-electron chi connectivity index (χ0n) is 15.7. The smallest absolute Gasteiger partial charge is 0.104 e. The van der Waals surface area contributed by atoms with Crippen LogP contribution in [-0.4, -0.2) is 89.5 Å². The lowest BCUT2D eigenvalue weighted by Gasteiger charge is -2.22. The molecule has 0 saturated heterocycles. The second kappa shape index (κ2) is 17.5. The van der Waals surface area contributed by atoms with Gasteiger partial charge in [0.05, 0.1) is 39.6 Å². The molecule has 0 aliphatic rings. The highest BCUT2D eigenvalue weighted by Gasteiger charge is 2.16. The zero-order valence-corrected chi connectivity index (χ0v) is 15.7. The highest BCUT2D eigenvalue weighted by molar-refractivity contribution is 4.62. The second-order valence-corrected chi connectivity index (χ2v) is 5.20. The fourth-order valence-electron chi connectivity index (χ4n) is 1.83. The molecule has 0 unspecified atom stereocenters. The van der Waals surface area contributed by atoms with Crippen molar-refractivity contribution >= 4 is 0 Å². The molecule has 0 rings (SSSR count).